The standard InChI is InChI=1S/C20H26N6/c1-14-8-9-15(2)18(11-14)26-16(3)17(12-22-26)21-13-20-24-23-19-7-5-4-6-10-25(19)20/h8-9,11-12,21H,4-7,10,13H2,1-3H3. The summed E-state index contributed by atoms with van der Waals surface area (Å²) in [7, 11) is 0. The minimum Gasteiger partial charge on any atom is -0.375 e. The average Bonchev–Trinajstić information content (AvgIpc) is 3.09. The fourth-order valence-corrected chi connectivity index (χ4v) is 3.62. The third kappa shape index (κ3) is 3.11. The van der Waals surface area contributed by atoms with Crippen LogP contribution in [0.5, 0.6) is 0 Å². The molecule has 6 nitrogen and oxygen atoms in total. The van der Waals surface area contributed by atoms with Crippen molar-refractivity contribution in [1.29, 1.82) is 0 Å². The van der Waals surface area contributed by atoms with Crippen LogP contribution in [0.3, 0.4) is 0 Å². The van der Waals surface area contributed by atoms with Gasteiger partial charge in [0.05, 0.1) is 29.8 Å². The van der Waals surface area contributed by atoms with Gasteiger partial charge in [-0.1, -0.05) is 18.6 Å². The number of rotatable bonds is 4. The molecule has 0 unspecified atom stereocenters. The molecule has 0 saturated heterocycles. The van der Waals surface area contributed by atoms with Gasteiger partial charge in [-0.25, -0.2) is 4.68 Å². The Hall–Kier alpha value is -2.63. The van der Waals surface area contributed by atoms with E-state index in [1.165, 1.54) is 30.4 Å². The van der Waals surface area contributed by atoms with Crippen LogP contribution in [0.15, 0.2) is 24.4 Å². The molecule has 136 valence electrons. The van der Waals surface area contributed by atoms with Crippen molar-refractivity contribution in [1.82, 2.24) is 24.5 Å². The van der Waals surface area contributed by atoms with Crippen LogP contribution in [0.25, 0.3) is 5.69 Å². The van der Waals surface area contributed by atoms with Gasteiger partial charge in [0, 0.05) is 13.0 Å². The summed E-state index contributed by atoms with van der Waals surface area (Å²) in [5.74, 6) is 2.14. The number of nitrogens with one attached hydrogen (secondary N) is 1. The number of hydrogen-bond acceptors (Lipinski definition) is 4. The first-order valence-electron chi connectivity index (χ1n) is 9.40. The number of aromatic nitrogens is 5. The highest BCUT2D eigenvalue weighted by Gasteiger charge is 2.15. The second kappa shape index (κ2) is 6.94. The van der Waals surface area contributed by atoms with E-state index in [0.29, 0.717) is 6.54 Å². The highest BCUT2D eigenvalue weighted by atomic mass is 15.3. The summed E-state index contributed by atoms with van der Waals surface area (Å²) in [6, 6.07) is 6.45. The number of benzene rings is 1. The van der Waals surface area contributed by atoms with Crippen molar-refractivity contribution in [3.63, 3.8) is 0 Å². The predicted octanol–water partition coefficient (Wildman–Crippen LogP) is 3.73. The molecular weight excluding hydrogens is 324 g/mol. The molecule has 1 aliphatic heterocycles. The third-order valence-electron chi connectivity index (χ3n) is 5.23. The fraction of sp³-hybridized carbons (Fsp3) is 0.450. The Morgan fingerprint density at radius 1 is 1.08 bits per heavy atom. The number of aryl methyl sites for hydroxylation is 3. The van der Waals surface area contributed by atoms with Gasteiger partial charge in [0.25, 0.3) is 0 Å². The summed E-state index contributed by atoms with van der Waals surface area (Å²) >= 11 is 0. The van der Waals surface area contributed by atoms with Crippen molar-refractivity contribution in [2.45, 2.75) is 59.5 Å². The topological polar surface area (TPSA) is 60.6 Å². The maximum absolute atomic E-state index is 4.60. The van der Waals surface area contributed by atoms with E-state index in [4.69, 9.17) is 0 Å². The Bertz CT molecular complexity index is 921. The van der Waals surface area contributed by atoms with E-state index in [0.717, 1.165) is 41.7 Å². The van der Waals surface area contributed by atoms with Gasteiger partial charge in [-0.2, -0.15) is 5.10 Å². The first-order valence-corrected chi connectivity index (χ1v) is 9.40. The number of nitrogens with zero attached hydrogens (tertiary/aromatic N) is 5. The molecular formula is C20H26N6. The van der Waals surface area contributed by atoms with Crippen molar-refractivity contribution >= 4 is 5.69 Å². The van der Waals surface area contributed by atoms with Crippen LogP contribution >= 0.6 is 0 Å². The summed E-state index contributed by atoms with van der Waals surface area (Å²) in [6.07, 6.45) is 6.64. The monoisotopic (exact) mass is 350 g/mol. The van der Waals surface area contributed by atoms with Gasteiger partial charge in [0.2, 0.25) is 0 Å². The normalized spacial score (nSPS) is 14.1. The second-order valence-electron chi connectivity index (χ2n) is 7.19. The molecule has 26 heavy (non-hydrogen) atoms. The van der Waals surface area contributed by atoms with Gasteiger partial charge in [0.1, 0.15) is 5.82 Å². The lowest BCUT2D eigenvalue weighted by Crippen LogP contribution is -2.10. The minimum absolute atomic E-state index is 0.673. The molecule has 1 N–H and O–H groups in total. The highest BCUT2D eigenvalue weighted by molar-refractivity contribution is 5.52. The van der Waals surface area contributed by atoms with E-state index in [1.54, 1.807) is 0 Å². The fourth-order valence-electron chi connectivity index (χ4n) is 3.62. The van der Waals surface area contributed by atoms with E-state index in [-0.39, 0.29) is 0 Å². The van der Waals surface area contributed by atoms with Gasteiger partial charge in [-0.05, 0) is 50.8 Å². The van der Waals surface area contributed by atoms with Gasteiger partial charge < -0.3 is 9.88 Å². The van der Waals surface area contributed by atoms with E-state index < -0.39 is 0 Å². The molecule has 0 amide bonds. The van der Waals surface area contributed by atoms with Crippen LogP contribution in [-0.2, 0) is 19.5 Å². The SMILES string of the molecule is Cc1ccc(C)c(-n2ncc(NCc3nnc4n3CCCCC4)c2C)c1. The molecule has 0 bridgehead atoms. The molecule has 6 heteroatoms. The predicted molar refractivity (Wildman–Crippen MR) is 103 cm³/mol. The lowest BCUT2D eigenvalue weighted by atomic mass is 10.1. The van der Waals surface area contributed by atoms with E-state index in [2.05, 4.69) is 64.2 Å². The van der Waals surface area contributed by atoms with Crippen molar-refractivity contribution in [3.05, 3.63) is 52.9 Å². The maximum atomic E-state index is 4.60. The molecule has 3 aromatic rings. The van der Waals surface area contributed by atoms with Crippen LogP contribution in [-0.4, -0.2) is 24.5 Å². The summed E-state index contributed by atoms with van der Waals surface area (Å²) in [5, 5.41) is 16.9. The van der Waals surface area contributed by atoms with Gasteiger partial charge in [-0.3, -0.25) is 0 Å². The van der Waals surface area contributed by atoms with Crippen molar-refractivity contribution in [2.24, 2.45) is 0 Å². The van der Waals surface area contributed by atoms with Crippen LogP contribution in [0, 0.1) is 20.8 Å². The lowest BCUT2D eigenvalue weighted by Gasteiger charge is -2.11. The number of hydrogen-bond donors (Lipinski definition) is 1. The average molecular weight is 350 g/mol. The van der Waals surface area contributed by atoms with Gasteiger partial charge >= 0.3 is 0 Å². The Morgan fingerprint density at radius 2 is 1.96 bits per heavy atom. The molecule has 4 rings (SSSR count). The lowest BCUT2D eigenvalue weighted by molar-refractivity contribution is 0.610. The van der Waals surface area contributed by atoms with Crippen LogP contribution in [0.4, 0.5) is 5.69 Å². The van der Waals surface area contributed by atoms with E-state index >= 15 is 0 Å². The van der Waals surface area contributed by atoms with Crippen molar-refractivity contribution in [3.8, 4) is 5.69 Å². The summed E-state index contributed by atoms with van der Waals surface area (Å²) in [4.78, 5) is 0. The summed E-state index contributed by atoms with van der Waals surface area (Å²) in [5.41, 5.74) is 5.73. The molecule has 0 spiro atoms. The van der Waals surface area contributed by atoms with Crippen LogP contribution < -0.4 is 5.32 Å². The zero-order valence-electron chi connectivity index (χ0n) is 15.8. The van der Waals surface area contributed by atoms with E-state index in [9.17, 15) is 0 Å². The Morgan fingerprint density at radius 3 is 2.85 bits per heavy atom. The second-order valence-corrected chi connectivity index (χ2v) is 7.19. The van der Waals surface area contributed by atoms with Crippen LogP contribution in [0.1, 0.15) is 47.7 Å². The van der Waals surface area contributed by atoms with E-state index in [1.807, 2.05) is 10.9 Å². The first-order chi connectivity index (χ1) is 12.6. The smallest absolute Gasteiger partial charge is 0.152 e. The Balaban J connectivity index is 1.55. The molecule has 1 aromatic carbocycles. The molecule has 0 fully saturated rings. The number of anilines is 1. The maximum Gasteiger partial charge on any atom is 0.152 e. The molecule has 3 heterocycles. The molecule has 0 atom stereocenters. The minimum atomic E-state index is 0.673. The molecule has 1 aliphatic rings. The first kappa shape index (κ1) is 16.8. The van der Waals surface area contributed by atoms with Gasteiger partial charge in [-0.15, -0.1) is 10.2 Å². The highest BCUT2D eigenvalue weighted by Crippen LogP contribution is 2.22. The summed E-state index contributed by atoms with van der Waals surface area (Å²) in [6.45, 7) is 8.03. The van der Waals surface area contributed by atoms with Crippen molar-refractivity contribution < 1.29 is 0 Å². The largest absolute Gasteiger partial charge is 0.375 e. The summed E-state index contributed by atoms with van der Waals surface area (Å²) < 4.78 is 4.29. The Kier molecular flexibility index (Phi) is 4.49. The molecule has 2 aromatic heterocycles. The quantitative estimate of drug-likeness (QED) is 0.779. The third-order valence-corrected chi connectivity index (χ3v) is 5.23. The molecule has 0 saturated carbocycles. The van der Waals surface area contributed by atoms with Crippen molar-refractivity contribution in [2.75, 3.05) is 5.32 Å². The zero-order valence-corrected chi connectivity index (χ0v) is 15.8. The molecule has 0 aliphatic carbocycles. The zero-order chi connectivity index (χ0) is 18.1. The van der Waals surface area contributed by atoms with Crippen LogP contribution in [0.2, 0.25) is 0 Å². The number of fused-ring (bicyclic) bond motifs is 1. The van der Waals surface area contributed by atoms with Gasteiger partial charge in [0.15, 0.2) is 5.82 Å². The Labute approximate surface area is 154 Å². The molecule has 0 radical (unpaired) electrons.